The first-order valence-corrected chi connectivity index (χ1v) is 16.9. The van der Waals surface area contributed by atoms with E-state index in [0.717, 1.165) is 44.2 Å². The number of nitrogens with one attached hydrogen (secondary N) is 3. The number of aryl methyl sites for hydroxylation is 4. The number of carbonyl (C=O) groups excluding carboxylic acids is 1. The van der Waals surface area contributed by atoms with Crippen molar-refractivity contribution in [2.75, 3.05) is 0 Å². The van der Waals surface area contributed by atoms with E-state index >= 15 is 0 Å². The molecule has 0 spiro atoms. The van der Waals surface area contributed by atoms with Crippen LogP contribution in [0.1, 0.15) is 46.7 Å². The predicted molar refractivity (Wildman–Crippen MR) is 186 cm³/mol. The van der Waals surface area contributed by atoms with Crippen LogP contribution in [0.3, 0.4) is 0 Å². The lowest BCUT2D eigenvalue weighted by atomic mass is 9.95. The van der Waals surface area contributed by atoms with Gasteiger partial charge in [0.2, 0.25) is 0 Å². The van der Waals surface area contributed by atoms with E-state index in [1.807, 2.05) is 57.2 Å². The van der Waals surface area contributed by atoms with Crippen LogP contribution >= 0.6 is 45.9 Å². The maximum Gasteiger partial charge on any atom is 0.257 e. The molecule has 238 valence electrons. The van der Waals surface area contributed by atoms with Crippen molar-refractivity contribution in [3.63, 3.8) is 0 Å². The van der Waals surface area contributed by atoms with Crippen LogP contribution in [-0.4, -0.2) is 35.9 Å². The van der Waals surface area contributed by atoms with Gasteiger partial charge in [0.15, 0.2) is 0 Å². The maximum absolute atomic E-state index is 12.8. The van der Waals surface area contributed by atoms with Gasteiger partial charge in [-0.2, -0.15) is 10.2 Å². The van der Waals surface area contributed by atoms with Crippen molar-refractivity contribution in [1.29, 1.82) is 0 Å². The summed E-state index contributed by atoms with van der Waals surface area (Å²) in [7, 11) is 0. The average molecular weight is 696 g/mol. The number of rotatable bonds is 8. The number of hydrogen-bond acceptors (Lipinski definition) is 7. The van der Waals surface area contributed by atoms with Crippen LogP contribution in [0.4, 0.5) is 0 Å². The van der Waals surface area contributed by atoms with Gasteiger partial charge >= 0.3 is 0 Å². The number of carbonyl (C=O) groups is 1. The summed E-state index contributed by atoms with van der Waals surface area (Å²) in [5.74, 6) is -0.102. The van der Waals surface area contributed by atoms with Gasteiger partial charge in [-0.1, -0.05) is 44.0 Å². The summed E-state index contributed by atoms with van der Waals surface area (Å²) >= 11 is 15.0. The lowest BCUT2D eigenvalue weighted by molar-refractivity contribution is 0.0745. The van der Waals surface area contributed by atoms with Crippen molar-refractivity contribution in [2.45, 2.75) is 46.5 Å². The summed E-state index contributed by atoms with van der Waals surface area (Å²) < 4.78 is 2.99. The second-order valence-electron chi connectivity index (χ2n) is 11.5. The monoisotopic (exact) mass is 694 g/mol. The fraction of sp³-hybridized carbons (Fsp3) is 0.242. The van der Waals surface area contributed by atoms with Gasteiger partial charge in [-0.05, 0) is 86.3 Å². The lowest BCUT2D eigenvalue weighted by Gasteiger charge is -2.17. The number of pyridine rings is 2. The molecule has 0 bridgehead atoms. The van der Waals surface area contributed by atoms with Gasteiger partial charge in [-0.25, -0.2) is 4.68 Å². The Bertz CT molecular complexity index is 2060. The molecule has 0 aliphatic heterocycles. The molecule has 9 nitrogen and oxygen atoms in total. The Kier molecular flexibility index (Phi) is 10.6. The number of thiophene rings is 2. The van der Waals surface area contributed by atoms with Crippen LogP contribution in [0.2, 0.25) is 8.67 Å². The van der Waals surface area contributed by atoms with Crippen molar-refractivity contribution in [3.05, 3.63) is 124 Å². The number of H-pyrrole nitrogens is 3. The van der Waals surface area contributed by atoms with E-state index in [0.29, 0.717) is 28.9 Å². The third kappa shape index (κ3) is 8.41. The highest BCUT2D eigenvalue weighted by molar-refractivity contribution is 7.16. The van der Waals surface area contributed by atoms with E-state index in [9.17, 15) is 14.4 Å². The molecule has 6 heterocycles. The molecule has 0 saturated heterocycles. The van der Waals surface area contributed by atoms with Crippen LogP contribution in [0, 0.1) is 5.41 Å². The summed E-state index contributed by atoms with van der Waals surface area (Å²) in [6.07, 6.45) is 6.32. The Morgan fingerprint density at radius 3 is 1.87 bits per heavy atom. The Labute approximate surface area is 283 Å². The quantitative estimate of drug-likeness (QED) is 0.150. The zero-order valence-corrected chi connectivity index (χ0v) is 28.5. The number of hydrogen-bond donors (Lipinski definition) is 3. The van der Waals surface area contributed by atoms with Gasteiger partial charge in [-0.3, -0.25) is 19.5 Å². The molecule has 0 amide bonds. The van der Waals surface area contributed by atoms with Gasteiger partial charge in [0.1, 0.15) is 0 Å². The molecule has 46 heavy (non-hydrogen) atoms. The summed E-state index contributed by atoms with van der Waals surface area (Å²) in [4.78, 5) is 44.3. The molecule has 0 radical (unpaired) electrons. The summed E-state index contributed by atoms with van der Waals surface area (Å²) in [6, 6.07) is 18.5. The molecule has 3 N–H and O–H groups in total. The standard InChI is InChI=1S/C19H20ClN3O2S.C14H12ClN3OS/c1-19(2,3)18(25)23-12(6-7-13-8-9-16(20)26-13)11-15(22-23)14-5-4-10-21-17(14)24;15-13-6-5-10(20-13)4-3-9-8-12(18-17-9)11-2-1-7-16-14(11)19/h4-5,8-11H,6-7H2,1-3H3,(H,21,24);1-2,5-8H,3-4H2,(H,16,19)(H,17,18). The van der Waals surface area contributed by atoms with Gasteiger partial charge in [0.25, 0.3) is 17.0 Å². The minimum atomic E-state index is -0.576. The SMILES string of the molecule is CC(C)(C)C(=O)n1nc(-c2ccc[nH]c2=O)cc1CCc1ccc(Cl)s1.O=c1[nH]cccc1-c1cc(CCc2ccc(Cl)s2)[nH]n1. The smallest absolute Gasteiger partial charge is 0.257 e. The molecule has 0 unspecified atom stereocenters. The summed E-state index contributed by atoms with van der Waals surface area (Å²) in [5, 5.41) is 11.6. The first-order chi connectivity index (χ1) is 22.0. The van der Waals surface area contributed by atoms with Gasteiger partial charge in [0, 0.05) is 39.0 Å². The van der Waals surface area contributed by atoms with E-state index in [4.69, 9.17) is 23.2 Å². The molecule has 6 aromatic heterocycles. The summed E-state index contributed by atoms with van der Waals surface area (Å²) in [6.45, 7) is 5.57. The van der Waals surface area contributed by atoms with Crippen molar-refractivity contribution < 1.29 is 4.79 Å². The topological polar surface area (TPSA) is 129 Å². The van der Waals surface area contributed by atoms with E-state index in [2.05, 4.69) is 25.3 Å². The van der Waals surface area contributed by atoms with Gasteiger partial charge in [0.05, 0.1) is 31.2 Å². The van der Waals surface area contributed by atoms with Crippen molar-refractivity contribution >= 4 is 51.8 Å². The van der Waals surface area contributed by atoms with Crippen molar-refractivity contribution in [2.24, 2.45) is 5.41 Å². The molecular weight excluding hydrogens is 663 g/mol. The van der Waals surface area contributed by atoms with E-state index < -0.39 is 5.41 Å². The minimum Gasteiger partial charge on any atom is -0.329 e. The Morgan fingerprint density at radius 2 is 1.35 bits per heavy atom. The number of aromatic nitrogens is 6. The third-order valence-corrected chi connectivity index (χ3v) is 9.54. The molecule has 0 aliphatic carbocycles. The zero-order valence-electron chi connectivity index (χ0n) is 25.4. The zero-order chi connectivity index (χ0) is 32.8. The Balaban J connectivity index is 0.000000187. The fourth-order valence-electron chi connectivity index (χ4n) is 4.58. The van der Waals surface area contributed by atoms with Crippen LogP contribution in [0.5, 0.6) is 0 Å². The second kappa shape index (κ2) is 14.6. The number of aromatic amines is 3. The van der Waals surface area contributed by atoms with Crippen molar-refractivity contribution in [3.8, 4) is 22.5 Å². The third-order valence-electron chi connectivity index (χ3n) is 6.96. The van der Waals surface area contributed by atoms with Gasteiger partial charge < -0.3 is 9.97 Å². The molecule has 0 atom stereocenters. The maximum atomic E-state index is 12.8. The largest absolute Gasteiger partial charge is 0.329 e. The average Bonchev–Trinajstić information content (AvgIpc) is 3.83. The first kappa shape index (κ1) is 33.3. The highest BCUT2D eigenvalue weighted by atomic mass is 35.5. The van der Waals surface area contributed by atoms with E-state index in [-0.39, 0.29) is 17.0 Å². The normalized spacial score (nSPS) is 11.3. The van der Waals surface area contributed by atoms with E-state index in [1.165, 1.54) is 20.9 Å². The minimum absolute atomic E-state index is 0.102. The van der Waals surface area contributed by atoms with Crippen LogP contribution < -0.4 is 11.1 Å². The molecule has 13 heteroatoms. The number of halogens is 2. The molecular formula is C33H32Cl2N6O3S2. The molecule has 0 aromatic carbocycles. The molecule has 0 fully saturated rings. The van der Waals surface area contributed by atoms with Crippen molar-refractivity contribution in [1.82, 2.24) is 29.9 Å². The highest BCUT2D eigenvalue weighted by Gasteiger charge is 2.27. The summed E-state index contributed by atoms with van der Waals surface area (Å²) in [5.41, 5.74) is 3.07. The number of nitrogens with zero attached hydrogens (tertiary/aromatic N) is 3. The fourth-order valence-corrected chi connectivity index (χ4v) is 6.75. The molecule has 0 saturated carbocycles. The highest BCUT2D eigenvalue weighted by Crippen LogP contribution is 2.26. The predicted octanol–water partition coefficient (Wildman–Crippen LogP) is 7.69. The Morgan fingerprint density at radius 1 is 0.783 bits per heavy atom. The van der Waals surface area contributed by atoms with E-state index in [1.54, 1.807) is 48.0 Å². The van der Waals surface area contributed by atoms with Crippen LogP contribution in [0.15, 0.2) is 82.6 Å². The van der Waals surface area contributed by atoms with Gasteiger partial charge in [-0.15, -0.1) is 22.7 Å². The van der Waals surface area contributed by atoms with Crippen LogP contribution in [-0.2, 0) is 25.7 Å². The second-order valence-corrected chi connectivity index (χ2v) is 15.1. The lowest BCUT2D eigenvalue weighted by Crippen LogP contribution is -2.29. The Hall–Kier alpha value is -4.03. The molecule has 0 aliphatic rings. The first-order valence-electron chi connectivity index (χ1n) is 14.5. The van der Waals surface area contributed by atoms with Crippen LogP contribution in [0.25, 0.3) is 22.5 Å². The molecule has 6 aromatic rings. The molecule has 6 rings (SSSR count).